The minimum Gasteiger partial charge on any atom is -0.375 e. The van der Waals surface area contributed by atoms with Crippen molar-refractivity contribution < 1.29 is 14.3 Å². The number of carbonyl (C=O) groups excluding carboxylic acids is 2. The Labute approximate surface area is 147 Å². The van der Waals surface area contributed by atoms with Crippen LogP contribution in [0.25, 0.3) is 0 Å². The molecule has 0 saturated carbocycles. The number of carbonyl (C=O) groups is 2. The summed E-state index contributed by atoms with van der Waals surface area (Å²) in [7, 11) is 1.47. The fraction of sp³-hybridized carbons (Fsp3) is 0.263. The molecule has 0 aromatic heterocycles. The predicted molar refractivity (Wildman–Crippen MR) is 97.2 cm³/mol. The van der Waals surface area contributed by atoms with Gasteiger partial charge in [0.05, 0.1) is 6.04 Å². The van der Waals surface area contributed by atoms with Crippen LogP contribution in [0.1, 0.15) is 24.1 Å². The predicted octanol–water partition coefficient (Wildman–Crippen LogP) is 2.83. The third kappa shape index (κ3) is 6.27. The van der Waals surface area contributed by atoms with Crippen molar-refractivity contribution in [2.24, 2.45) is 0 Å². The summed E-state index contributed by atoms with van der Waals surface area (Å²) in [5, 5.41) is 8.44. The second kappa shape index (κ2) is 9.44. The standard InChI is InChI=1S/C19H23N3O3/c1-14(16-8-4-3-5-9-16)21-19(24)20-12-15-7-6-10-17(11-15)22-18(23)13-25-2/h3-11,14H,12-13H2,1-2H3,(H,22,23)(H2,20,21,24). The van der Waals surface area contributed by atoms with Crippen molar-refractivity contribution in [3.8, 4) is 0 Å². The SMILES string of the molecule is COCC(=O)Nc1cccc(CNC(=O)NC(C)c2ccccc2)c1. The van der Waals surface area contributed by atoms with E-state index in [4.69, 9.17) is 4.74 Å². The van der Waals surface area contributed by atoms with Crippen LogP contribution in [0, 0.1) is 0 Å². The number of amides is 3. The lowest BCUT2D eigenvalue weighted by Crippen LogP contribution is -2.36. The third-order valence-electron chi connectivity index (χ3n) is 3.59. The Kier molecular flexibility index (Phi) is 6.98. The van der Waals surface area contributed by atoms with Crippen LogP contribution >= 0.6 is 0 Å². The zero-order chi connectivity index (χ0) is 18.1. The quantitative estimate of drug-likeness (QED) is 0.724. The number of urea groups is 1. The number of nitrogens with one attached hydrogen (secondary N) is 3. The normalized spacial score (nSPS) is 11.4. The lowest BCUT2D eigenvalue weighted by Gasteiger charge is -2.15. The second-order valence-electron chi connectivity index (χ2n) is 5.64. The summed E-state index contributed by atoms with van der Waals surface area (Å²) >= 11 is 0. The zero-order valence-corrected chi connectivity index (χ0v) is 14.4. The molecular weight excluding hydrogens is 318 g/mol. The molecule has 0 aliphatic heterocycles. The number of methoxy groups -OCH3 is 1. The molecule has 3 N–H and O–H groups in total. The van der Waals surface area contributed by atoms with Gasteiger partial charge in [-0.1, -0.05) is 42.5 Å². The maximum Gasteiger partial charge on any atom is 0.315 e. The number of ether oxygens (including phenoxy) is 1. The average molecular weight is 341 g/mol. The first-order valence-corrected chi connectivity index (χ1v) is 8.05. The Bertz CT molecular complexity index is 704. The van der Waals surface area contributed by atoms with E-state index in [1.165, 1.54) is 7.11 Å². The van der Waals surface area contributed by atoms with E-state index in [2.05, 4.69) is 16.0 Å². The minimum atomic E-state index is -0.245. The van der Waals surface area contributed by atoms with Gasteiger partial charge in [0, 0.05) is 19.3 Å². The number of benzene rings is 2. The van der Waals surface area contributed by atoms with Gasteiger partial charge in [-0.25, -0.2) is 4.79 Å². The summed E-state index contributed by atoms with van der Waals surface area (Å²) in [6.07, 6.45) is 0. The summed E-state index contributed by atoms with van der Waals surface area (Å²) in [6, 6.07) is 16.7. The Morgan fingerprint density at radius 3 is 2.56 bits per heavy atom. The van der Waals surface area contributed by atoms with Crippen molar-refractivity contribution in [1.82, 2.24) is 10.6 Å². The molecule has 2 aromatic rings. The smallest absolute Gasteiger partial charge is 0.315 e. The summed E-state index contributed by atoms with van der Waals surface area (Å²) in [5.74, 6) is -0.220. The molecule has 25 heavy (non-hydrogen) atoms. The van der Waals surface area contributed by atoms with Crippen LogP contribution in [-0.2, 0) is 16.1 Å². The molecule has 0 aliphatic carbocycles. The van der Waals surface area contributed by atoms with Crippen molar-refractivity contribution >= 4 is 17.6 Å². The second-order valence-corrected chi connectivity index (χ2v) is 5.64. The molecular formula is C19H23N3O3. The lowest BCUT2D eigenvalue weighted by atomic mass is 10.1. The van der Waals surface area contributed by atoms with Gasteiger partial charge in [0.25, 0.3) is 0 Å². The van der Waals surface area contributed by atoms with E-state index < -0.39 is 0 Å². The highest BCUT2D eigenvalue weighted by molar-refractivity contribution is 5.91. The number of anilines is 1. The number of hydrogen-bond donors (Lipinski definition) is 3. The highest BCUT2D eigenvalue weighted by Gasteiger charge is 2.09. The van der Waals surface area contributed by atoms with E-state index in [0.717, 1.165) is 11.1 Å². The van der Waals surface area contributed by atoms with Crippen LogP contribution in [0.15, 0.2) is 54.6 Å². The van der Waals surface area contributed by atoms with Gasteiger partial charge >= 0.3 is 6.03 Å². The van der Waals surface area contributed by atoms with Crippen molar-refractivity contribution in [2.75, 3.05) is 19.0 Å². The fourth-order valence-corrected chi connectivity index (χ4v) is 2.34. The Hall–Kier alpha value is -2.86. The van der Waals surface area contributed by atoms with Crippen LogP contribution in [0.2, 0.25) is 0 Å². The molecule has 1 atom stereocenters. The molecule has 0 aliphatic rings. The molecule has 1 unspecified atom stereocenters. The highest BCUT2D eigenvalue weighted by Crippen LogP contribution is 2.12. The van der Waals surface area contributed by atoms with Crippen LogP contribution in [0.4, 0.5) is 10.5 Å². The van der Waals surface area contributed by atoms with Crippen LogP contribution in [0.3, 0.4) is 0 Å². The Morgan fingerprint density at radius 2 is 1.84 bits per heavy atom. The van der Waals surface area contributed by atoms with E-state index in [9.17, 15) is 9.59 Å². The molecule has 0 radical (unpaired) electrons. The van der Waals surface area contributed by atoms with E-state index in [-0.39, 0.29) is 24.6 Å². The Balaban J connectivity index is 1.84. The van der Waals surface area contributed by atoms with Crippen molar-refractivity contribution in [1.29, 1.82) is 0 Å². The minimum absolute atomic E-state index is 0.00224. The van der Waals surface area contributed by atoms with E-state index in [1.807, 2.05) is 55.5 Å². The molecule has 0 spiro atoms. The van der Waals surface area contributed by atoms with Crippen molar-refractivity contribution in [3.63, 3.8) is 0 Å². The molecule has 3 amide bonds. The van der Waals surface area contributed by atoms with Gasteiger partial charge in [-0.2, -0.15) is 0 Å². The molecule has 0 bridgehead atoms. The largest absolute Gasteiger partial charge is 0.375 e. The highest BCUT2D eigenvalue weighted by atomic mass is 16.5. The van der Waals surface area contributed by atoms with Crippen LogP contribution < -0.4 is 16.0 Å². The van der Waals surface area contributed by atoms with Gasteiger partial charge in [0.1, 0.15) is 6.61 Å². The number of hydrogen-bond acceptors (Lipinski definition) is 3. The molecule has 0 saturated heterocycles. The van der Waals surface area contributed by atoms with Gasteiger partial charge in [-0.15, -0.1) is 0 Å². The van der Waals surface area contributed by atoms with Gasteiger partial charge in [-0.3, -0.25) is 4.79 Å². The Morgan fingerprint density at radius 1 is 1.08 bits per heavy atom. The summed E-state index contributed by atoms with van der Waals surface area (Å²) in [4.78, 5) is 23.6. The zero-order valence-electron chi connectivity index (χ0n) is 14.4. The fourth-order valence-electron chi connectivity index (χ4n) is 2.34. The monoisotopic (exact) mass is 341 g/mol. The van der Waals surface area contributed by atoms with Gasteiger partial charge in [-0.05, 0) is 30.2 Å². The molecule has 132 valence electrons. The van der Waals surface area contributed by atoms with Crippen molar-refractivity contribution in [3.05, 3.63) is 65.7 Å². The maximum atomic E-state index is 12.0. The molecule has 6 heteroatoms. The van der Waals surface area contributed by atoms with Crippen LogP contribution in [0.5, 0.6) is 0 Å². The van der Waals surface area contributed by atoms with E-state index >= 15 is 0 Å². The first-order valence-electron chi connectivity index (χ1n) is 8.05. The maximum absolute atomic E-state index is 12.0. The summed E-state index contributed by atoms with van der Waals surface area (Å²) in [6.45, 7) is 2.30. The van der Waals surface area contributed by atoms with Crippen LogP contribution in [-0.4, -0.2) is 25.7 Å². The topological polar surface area (TPSA) is 79.5 Å². The van der Waals surface area contributed by atoms with Gasteiger partial charge < -0.3 is 20.7 Å². The molecule has 2 rings (SSSR count). The first kappa shape index (κ1) is 18.5. The molecule has 0 heterocycles. The summed E-state index contributed by atoms with van der Waals surface area (Å²) in [5.41, 5.74) is 2.60. The molecule has 2 aromatic carbocycles. The third-order valence-corrected chi connectivity index (χ3v) is 3.59. The first-order chi connectivity index (χ1) is 12.1. The molecule has 6 nitrogen and oxygen atoms in total. The lowest BCUT2D eigenvalue weighted by molar-refractivity contribution is -0.119. The van der Waals surface area contributed by atoms with Gasteiger partial charge in [0.2, 0.25) is 5.91 Å². The van der Waals surface area contributed by atoms with Gasteiger partial charge in [0.15, 0.2) is 0 Å². The summed E-state index contributed by atoms with van der Waals surface area (Å²) < 4.78 is 4.78. The molecule has 0 fully saturated rings. The van der Waals surface area contributed by atoms with E-state index in [1.54, 1.807) is 6.07 Å². The van der Waals surface area contributed by atoms with Crippen molar-refractivity contribution in [2.45, 2.75) is 19.5 Å². The van der Waals surface area contributed by atoms with E-state index in [0.29, 0.717) is 12.2 Å². The average Bonchev–Trinajstić information content (AvgIpc) is 2.61. The number of rotatable bonds is 7.